The van der Waals surface area contributed by atoms with Gasteiger partial charge in [-0.25, -0.2) is 9.59 Å². The number of nitrogens with one attached hydrogen (secondary N) is 7. The minimum absolute atomic E-state index is 0.0239. The summed E-state index contributed by atoms with van der Waals surface area (Å²) in [6.07, 6.45) is 3.65. The zero-order chi connectivity index (χ0) is 88.3. The zero-order valence-electron chi connectivity index (χ0n) is 73.8. The Hall–Kier alpha value is -7.96. The Morgan fingerprint density at radius 2 is 1.33 bits per heavy atom. The summed E-state index contributed by atoms with van der Waals surface area (Å²) >= 11 is 0. The maximum atomic E-state index is 14.8. The molecule has 12 amide bonds. The molecule has 2 unspecified atom stereocenters. The van der Waals surface area contributed by atoms with Crippen LogP contribution in [-0.4, -0.2) is 211 Å². The minimum atomic E-state index is -4.77. The van der Waals surface area contributed by atoms with Crippen LogP contribution in [0.5, 0.6) is 0 Å². The van der Waals surface area contributed by atoms with Gasteiger partial charge < -0.3 is 71.7 Å². The molecule has 10 N–H and O–H groups in total. The van der Waals surface area contributed by atoms with Crippen molar-refractivity contribution in [2.24, 2.45) is 52.6 Å². The van der Waals surface area contributed by atoms with Crippen LogP contribution in [-0.2, 0) is 64.0 Å². The molecule has 2 aromatic rings. The Bertz CT molecular complexity index is 3470. The van der Waals surface area contributed by atoms with Crippen molar-refractivity contribution in [1.82, 2.24) is 51.5 Å². The Labute approximate surface area is 700 Å². The third kappa shape index (κ3) is 31.6. The number of anilines is 1. The van der Waals surface area contributed by atoms with E-state index in [2.05, 4.69) is 64.9 Å². The van der Waals surface area contributed by atoms with Crippen molar-refractivity contribution in [3.63, 3.8) is 0 Å². The maximum Gasteiger partial charge on any atom is 0.407 e. The van der Waals surface area contributed by atoms with Gasteiger partial charge in [0, 0.05) is 73.0 Å². The highest BCUT2D eigenvalue weighted by molar-refractivity contribution is 6.04. The van der Waals surface area contributed by atoms with E-state index in [0.29, 0.717) is 49.3 Å². The van der Waals surface area contributed by atoms with E-state index in [4.69, 9.17) is 19.9 Å². The number of nitrogens with zero attached hydrogens (tertiary/aromatic N) is 4. The van der Waals surface area contributed by atoms with E-state index in [1.807, 2.05) is 32.0 Å². The molecule has 0 spiro atoms. The van der Waals surface area contributed by atoms with E-state index >= 15 is 0 Å². The molecule has 27 nitrogen and oxygen atoms in total. The third-order valence-corrected chi connectivity index (χ3v) is 24.0. The number of halogens is 3. The smallest absolute Gasteiger partial charge is 0.407 e. The molecular formula is C88H145F3N12O15. The lowest BCUT2D eigenvalue weighted by molar-refractivity contribution is -0.161. The average Bonchev–Trinajstić information content (AvgIpc) is 1.63. The number of benzene rings is 2. The lowest BCUT2D eigenvalue weighted by Crippen LogP contribution is -2.60. The number of hydrogen-bond acceptors (Lipinski definition) is 16. The number of alkyl carbamates (subject to hydrolysis) is 1. The van der Waals surface area contributed by atoms with E-state index in [9.17, 15) is 71.0 Å². The van der Waals surface area contributed by atoms with Crippen LogP contribution in [0, 0.1) is 46.8 Å². The zero-order valence-corrected chi connectivity index (χ0v) is 73.8. The Morgan fingerprint density at radius 3 is 1.92 bits per heavy atom. The number of aliphatic hydroxyl groups excluding tert-OH is 1. The molecule has 118 heavy (non-hydrogen) atoms. The third-order valence-electron chi connectivity index (χ3n) is 24.0. The molecule has 4 rings (SSSR count). The SMILES string of the molecule is CCCCCC[C@@H](CC)CC(C)(CCC)C1CC(=O)N(CCCCC[C@H](N[C@H](C(=O)N[C@@H](CCCNC(N)=O)C(=O)Nc2ccc(COC(=O)NCCCC(=O)N(C)[C@H](C(=O)N[C@H](C(=O)N(C)[C@@H]([C@@H](C)CC)[C@@H](CC(=O)N3CCC[C@H]3[C@H](OC)[C@@H](C)C(=O)N[C@H](C)[C@@H](O)c3ccccc3)OC)C(C)C)C(C)C)cc2)C(C)C)C(F)(F)F)C1=O. The first-order chi connectivity index (χ1) is 55.7. The second-order valence-corrected chi connectivity index (χ2v) is 34.2. The van der Waals surface area contributed by atoms with Gasteiger partial charge in [-0.1, -0.05) is 197 Å². The summed E-state index contributed by atoms with van der Waals surface area (Å²) in [5.74, 6) is -6.34. The molecule has 2 aliphatic rings. The monoisotopic (exact) mass is 1670 g/mol. The molecule has 2 aromatic carbocycles. The van der Waals surface area contributed by atoms with Crippen LogP contribution < -0.4 is 43.0 Å². The fraction of sp³-hybridized carbons (Fsp3) is 0.739. The van der Waals surface area contributed by atoms with Gasteiger partial charge in [0.05, 0.1) is 60.7 Å². The van der Waals surface area contributed by atoms with Crippen LogP contribution in [0.15, 0.2) is 54.6 Å². The second kappa shape index (κ2) is 51.0. The van der Waals surface area contributed by atoms with E-state index in [0.717, 1.165) is 44.9 Å². The van der Waals surface area contributed by atoms with Crippen molar-refractivity contribution < 1.29 is 85.2 Å². The van der Waals surface area contributed by atoms with Gasteiger partial charge in [0.2, 0.25) is 53.2 Å². The number of likely N-dealkylation sites (tertiary alicyclic amines) is 2. The minimum Gasteiger partial charge on any atom is -0.445 e. The van der Waals surface area contributed by atoms with Gasteiger partial charge in [-0.3, -0.25) is 53.4 Å². The summed E-state index contributed by atoms with van der Waals surface area (Å²) in [5, 5.41) is 29.8. The number of likely N-dealkylation sites (N-methyl/N-ethyl adjacent to an activating group) is 2. The highest BCUT2D eigenvalue weighted by Gasteiger charge is 2.50. The molecule has 0 bridgehead atoms. The molecule has 0 aliphatic carbocycles. The number of hydrogen-bond donors (Lipinski definition) is 9. The fourth-order valence-electron chi connectivity index (χ4n) is 16.8. The van der Waals surface area contributed by atoms with Crippen molar-refractivity contribution in [2.75, 3.05) is 59.8 Å². The number of imide groups is 1. The van der Waals surface area contributed by atoms with Crippen LogP contribution in [0.2, 0.25) is 0 Å². The number of aliphatic hydroxyl groups is 1. The molecular weight excluding hydrogens is 1520 g/mol. The number of carbonyl (C=O) groups excluding carboxylic acids is 11. The van der Waals surface area contributed by atoms with Gasteiger partial charge in [0.1, 0.15) is 30.8 Å². The van der Waals surface area contributed by atoms with E-state index < -0.39 is 150 Å². The summed E-state index contributed by atoms with van der Waals surface area (Å²) in [6.45, 7) is 26.7. The van der Waals surface area contributed by atoms with Gasteiger partial charge in [-0.05, 0) is 123 Å². The van der Waals surface area contributed by atoms with E-state index in [-0.39, 0.29) is 118 Å². The molecule has 30 heteroatoms. The number of ether oxygens (including phenoxy) is 3. The van der Waals surface area contributed by atoms with Crippen LogP contribution in [0.25, 0.3) is 0 Å². The first-order valence-electron chi connectivity index (χ1n) is 43.3. The largest absolute Gasteiger partial charge is 0.445 e. The number of primary amides is 1. The van der Waals surface area contributed by atoms with Crippen LogP contribution in [0.1, 0.15) is 255 Å². The molecule has 0 aromatic heterocycles. The summed E-state index contributed by atoms with van der Waals surface area (Å²) in [6, 6.07) is 5.86. The number of amides is 12. The lowest BCUT2D eigenvalue weighted by Gasteiger charge is -2.41. The van der Waals surface area contributed by atoms with Gasteiger partial charge in [0.25, 0.3) is 0 Å². The Kier molecular flexibility index (Phi) is 44.2. The fourth-order valence-corrected chi connectivity index (χ4v) is 16.8. The van der Waals surface area contributed by atoms with Crippen molar-refractivity contribution in [3.05, 3.63) is 65.7 Å². The first kappa shape index (κ1) is 102. The molecule has 668 valence electrons. The highest BCUT2D eigenvalue weighted by atomic mass is 19.4. The molecule has 2 aliphatic heterocycles. The van der Waals surface area contributed by atoms with Crippen molar-refractivity contribution in [3.8, 4) is 0 Å². The average molecular weight is 1670 g/mol. The highest BCUT2D eigenvalue weighted by Crippen LogP contribution is 2.46. The topological polar surface area (TPSA) is 359 Å². The number of rotatable bonds is 54. The predicted molar refractivity (Wildman–Crippen MR) is 450 cm³/mol. The van der Waals surface area contributed by atoms with Crippen LogP contribution in [0.4, 0.5) is 28.4 Å². The molecule has 0 saturated carbocycles. The first-order valence-corrected chi connectivity index (χ1v) is 43.3. The predicted octanol–water partition coefficient (Wildman–Crippen LogP) is 12.0. The number of carbonyl (C=O) groups is 11. The molecule has 16 atom stereocenters. The van der Waals surface area contributed by atoms with Gasteiger partial charge in [-0.2, -0.15) is 13.2 Å². The van der Waals surface area contributed by atoms with Crippen molar-refractivity contribution >= 4 is 71.0 Å². The molecule has 2 fully saturated rings. The van der Waals surface area contributed by atoms with Crippen molar-refractivity contribution in [2.45, 2.75) is 318 Å². The molecule has 0 radical (unpaired) electrons. The second-order valence-electron chi connectivity index (χ2n) is 34.2. The summed E-state index contributed by atoms with van der Waals surface area (Å²) < 4.78 is 62.0. The van der Waals surface area contributed by atoms with Gasteiger partial charge >= 0.3 is 18.3 Å². The van der Waals surface area contributed by atoms with E-state index in [1.165, 1.54) is 56.0 Å². The quantitative estimate of drug-likeness (QED) is 0.0219. The maximum absolute atomic E-state index is 14.8. The van der Waals surface area contributed by atoms with Crippen LogP contribution in [0.3, 0.4) is 0 Å². The number of nitrogens with two attached hydrogens (primary N) is 1. The lowest BCUT2D eigenvalue weighted by atomic mass is 9.67. The standard InChI is InChI=1S/C88H145F3N12O15/c1-19-23-24-27-35-61(22-4)53-87(14,46-20-2)65-51-71(105)103(83(65)112)49-31-26-30-40-69(88(89,90)91)98-73(55(5)6)81(110)97-66(38-32-47-93-85(92)114)80(109)96-64-44-42-62(43-45-64)54-118-86(115)94-48-33-41-70(104)100(15)75(57(9)10)82(111)99-74(56(7)8)84(113)101(16)76(58(11)21-3)68(116-17)52-72(106)102-50-34-39-67(102)78(117-18)59(12)79(108)95-60(13)77(107)63-36-28-25-29-37-63/h25,28-29,36-37,42-45,55-61,65-69,73-78,98,107H,19-24,26-27,30-35,38-41,46-54H2,1-18H3,(H,94,115)(H,95,108)(H,96,109)(H,97,110)(H,99,111)(H3,92,93,114)/t58-,59+,60+,61+,65?,66-,67-,68+,69-,73-,74-,75-,76-,77+,78+,87?/m0/s1. The number of urea groups is 1. The Morgan fingerprint density at radius 1 is 0.686 bits per heavy atom. The molecule has 2 saturated heterocycles. The number of alkyl halides is 3. The number of unbranched alkanes of at least 4 members (excludes halogenated alkanes) is 5. The van der Waals surface area contributed by atoms with Crippen molar-refractivity contribution in [1.29, 1.82) is 0 Å². The van der Waals surface area contributed by atoms with Crippen LogP contribution >= 0.6 is 0 Å². The summed E-state index contributed by atoms with van der Waals surface area (Å²) in [7, 11) is 6.15. The number of methoxy groups -OCH3 is 2. The molecule has 2 heterocycles. The van der Waals surface area contributed by atoms with Gasteiger partial charge in [0.15, 0.2) is 0 Å². The normalized spacial score (nSPS) is 18.3. The van der Waals surface area contributed by atoms with Gasteiger partial charge in [-0.15, -0.1) is 0 Å². The van der Waals surface area contributed by atoms with E-state index in [1.54, 1.807) is 96.5 Å². The summed E-state index contributed by atoms with van der Waals surface area (Å²) in [4.78, 5) is 157. The Balaban J connectivity index is 1.30. The summed E-state index contributed by atoms with van der Waals surface area (Å²) in [5.41, 5.74) is 6.35.